The van der Waals surface area contributed by atoms with Crippen molar-refractivity contribution in [3.8, 4) is 0 Å². The van der Waals surface area contributed by atoms with Crippen molar-refractivity contribution in [2.45, 2.75) is 51.4 Å². The third-order valence-electron chi connectivity index (χ3n) is 5.84. The molecule has 0 bridgehead atoms. The van der Waals surface area contributed by atoms with Crippen molar-refractivity contribution in [3.63, 3.8) is 0 Å². The lowest BCUT2D eigenvalue weighted by Crippen LogP contribution is -2.52. The van der Waals surface area contributed by atoms with Crippen molar-refractivity contribution in [3.05, 3.63) is 41.5 Å². The quantitative estimate of drug-likeness (QED) is 0.296. The number of benzene rings is 1. The highest BCUT2D eigenvalue weighted by molar-refractivity contribution is 7.85. The van der Waals surface area contributed by atoms with Gasteiger partial charge in [0.05, 0.1) is 17.2 Å². The van der Waals surface area contributed by atoms with Gasteiger partial charge in [-0.2, -0.15) is 39.9 Å². The van der Waals surface area contributed by atoms with Gasteiger partial charge >= 0.3 is 38.7 Å². The Kier molecular flexibility index (Phi) is 11.4. The first-order valence-corrected chi connectivity index (χ1v) is 15.1. The predicted molar refractivity (Wildman–Crippen MR) is 139 cm³/mol. The number of nitrogens with one attached hydrogen (secondary N) is 2. The van der Waals surface area contributed by atoms with Crippen LogP contribution in [0.2, 0.25) is 0 Å². The van der Waals surface area contributed by atoms with Gasteiger partial charge in [0.25, 0.3) is 0 Å². The average molecular weight is 629 g/mol. The van der Waals surface area contributed by atoms with E-state index in [0.29, 0.717) is 18.6 Å². The Balaban J connectivity index is 2.19. The zero-order valence-corrected chi connectivity index (χ0v) is 23.9. The van der Waals surface area contributed by atoms with Gasteiger partial charge in [-0.1, -0.05) is 26.0 Å². The van der Waals surface area contributed by atoms with Crippen LogP contribution in [0.1, 0.15) is 44.2 Å². The Morgan fingerprint density at radius 2 is 1.73 bits per heavy atom. The molecule has 1 heterocycles. The Morgan fingerprint density at radius 3 is 2.24 bits per heavy atom. The van der Waals surface area contributed by atoms with E-state index in [-0.39, 0.29) is 43.8 Å². The van der Waals surface area contributed by atoms with E-state index in [1.54, 1.807) is 11.9 Å². The lowest BCUT2D eigenvalue weighted by molar-refractivity contribution is -0.138. The fourth-order valence-corrected chi connectivity index (χ4v) is 5.26. The Labute approximate surface area is 235 Å². The molecule has 4 N–H and O–H groups in total. The van der Waals surface area contributed by atoms with Crippen molar-refractivity contribution in [2.24, 2.45) is 11.1 Å². The van der Waals surface area contributed by atoms with Crippen molar-refractivity contribution in [2.75, 3.05) is 20.1 Å². The third-order valence-corrected chi connectivity index (χ3v) is 7.23. The number of carbonyl (C=O) groups excluding carboxylic acids is 3. The number of likely N-dealkylation sites (tertiary alicyclic amines) is 1. The van der Waals surface area contributed by atoms with Crippen LogP contribution in [0.4, 0.5) is 13.2 Å². The summed E-state index contributed by atoms with van der Waals surface area (Å²) in [5, 5.41) is 7.55. The van der Waals surface area contributed by atoms with E-state index in [0.717, 1.165) is 12.1 Å². The fraction of sp³-hybridized carbons (Fsp3) is 0.522. The van der Waals surface area contributed by atoms with E-state index >= 15 is 0 Å². The van der Waals surface area contributed by atoms with E-state index in [1.807, 2.05) is 13.8 Å². The number of hydrogen-bond donors (Lipinski definition) is 3. The highest BCUT2D eigenvalue weighted by Crippen LogP contribution is 2.31. The second-order valence-corrected chi connectivity index (χ2v) is 12.0. The van der Waals surface area contributed by atoms with Gasteiger partial charge < -0.3 is 18.6 Å². The molecule has 1 atom stereocenters. The summed E-state index contributed by atoms with van der Waals surface area (Å²) in [5.74, 6) is -3.49. The van der Waals surface area contributed by atoms with Gasteiger partial charge in [0.15, 0.2) is 0 Å². The zero-order chi connectivity index (χ0) is 31.2. The number of nitrogens with two attached hydrogens (primary N) is 1. The number of hydrogen-bond acceptors (Lipinski definition) is 10. The largest absolute Gasteiger partial charge is 0.416 e. The number of carbonyl (C=O) groups is 3. The minimum absolute atomic E-state index is 0.136. The molecular formula is C23H31F3N4O9S2. The zero-order valence-electron chi connectivity index (χ0n) is 22.3. The molecule has 13 nitrogen and oxygen atoms in total. The summed E-state index contributed by atoms with van der Waals surface area (Å²) in [6, 6.07) is 1.69. The first-order valence-electron chi connectivity index (χ1n) is 12.2. The maximum absolute atomic E-state index is 13.2. The van der Waals surface area contributed by atoms with Gasteiger partial charge in [0, 0.05) is 25.2 Å². The van der Waals surface area contributed by atoms with Crippen LogP contribution in [0.25, 0.3) is 5.57 Å². The van der Waals surface area contributed by atoms with Gasteiger partial charge in [-0.25, -0.2) is 9.59 Å². The third kappa shape index (κ3) is 11.0. The number of likely N-dealkylation sites (N-methyl/N-ethyl adjacent to an activating group) is 1. The molecule has 0 spiro atoms. The molecular weight excluding hydrogens is 597 g/mol. The molecule has 1 saturated heterocycles. The SMILES string of the molecule is CNC(CC(C)C)C(=O)N1CCC(NS(=O)(=O)OC(=O)/C(=C/C(=O)OS(N)(=O)=O)c2cccc(C(F)(F)F)c2)CC1. The van der Waals surface area contributed by atoms with Crippen LogP contribution < -0.4 is 15.2 Å². The van der Waals surface area contributed by atoms with Crippen LogP contribution >= 0.6 is 0 Å². The van der Waals surface area contributed by atoms with E-state index in [9.17, 15) is 44.4 Å². The number of halogens is 3. The molecule has 0 aliphatic carbocycles. The van der Waals surface area contributed by atoms with Gasteiger partial charge in [-0.3, -0.25) is 4.79 Å². The van der Waals surface area contributed by atoms with Crippen LogP contribution in [-0.2, 0) is 49.5 Å². The summed E-state index contributed by atoms with van der Waals surface area (Å²) in [7, 11) is -8.10. The summed E-state index contributed by atoms with van der Waals surface area (Å²) in [6.45, 7) is 4.34. The second-order valence-electron chi connectivity index (χ2n) is 9.54. The molecule has 0 aromatic heterocycles. The van der Waals surface area contributed by atoms with Gasteiger partial charge in [-0.05, 0) is 49.9 Å². The standard InChI is InChI=1S/C23H31F3N4O9S2/c1-14(2)11-19(28-3)21(32)30-9-7-17(8-10-30)29-41(36,37)39-22(33)18(13-20(31)38-40(27,34)35)15-5-4-6-16(12-15)23(24,25)26/h4-6,12-14,17,19,28-29H,7-11H2,1-3H3,(H2,27,34,35)/b18-13+. The van der Waals surface area contributed by atoms with Gasteiger partial charge in [0.1, 0.15) is 0 Å². The molecule has 1 fully saturated rings. The summed E-state index contributed by atoms with van der Waals surface area (Å²) >= 11 is 0. The van der Waals surface area contributed by atoms with E-state index in [4.69, 9.17) is 0 Å². The summed E-state index contributed by atoms with van der Waals surface area (Å²) in [5.41, 5.74) is -2.94. The van der Waals surface area contributed by atoms with Crippen molar-refractivity contribution < 1.29 is 52.8 Å². The monoisotopic (exact) mass is 628 g/mol. The summed E-state index contributed by atoms with van der Waals surface area (Å²) in [4.78, 5) is 39.0. The van der Waals surface area contributed by atoms with E-state index in [1.165, 1.54) is 0 Å². The predicted octanol–water partition coefficient (Wildman–Crippen LogP) is 0.838. The molecule has 41 heavy (non-hydrogen) atoms. The highest BCUT2D eigenvalue weighted by Gasteiger charge is 2.33. The Bertz CT molecular complexity index is 1370. The maximum Gasteiger partial charge on any atom is 0.416 e. The van der Waals surface area contributed by atoms with E-state index in [2.05, 4.69) is 23.5 Å². The van der Waals surface area contributed by atoms with E-state index < -0.39 is 67.5 Å². The minimum atomic E-state index is -4.89. The minimum Gasteiger partial charge on any atom is -0.341 e. The smallest absolute Gasteiger partial charge is 0.341 e. The van der Waals surface area contributed by atoms with Gasteiger partial charge in [0.2, 0.25) is 5.91 Å². The van der Waals surface area contributed by atoms with Crippen LogP contribution in [0.3, 0.4) is 0 Å². The van der Waals surface area contributed by atoms with Gasteiger partial charge in [-0.15, -0.1) is 0 Å². The van der Waals surface area contributed by atoms with Crippen molar-refractivity contribution >= 4 is 44.0 Å². The number of nitrogens with zero attached hydrogens (tertiary/aromatic N) is 1. The maximum atomic E-state index is 13.2. The summed E-state index contributed by atoms with van der Waals surface area (Å²) < 4.78 is 97.3. The Morgan fingerprint density at radius 1 is 1.12 bits per heavy atom. The molecule has 0 saturated carbocycles. The lowest BCUT2D eigenvalue weighted by Gasteiger charge is -2.34. The van der Waals surface area contributed by atoms with Crippen LogP contribution in [-0.4, -0.2) is 71.8 Å². The molecule has 18 heteroatoms. The molecule has 1 aliphatic rings. The number of rotatable bonds is 11. The van der Waals surface area contributed by atoms with Crippen LogP contribution in [0, 0.1) is 5.92 Å². The molecule has 1 unspecified atom stereocenters. The first kappa shape index (κ1) is 34.1. The molecule has 1 aromatic rings. The van der Waals surface area contributed by atoms with Crippen LogP contribution in [0.15, 0.2) is 30.3 Å². The lowest BCUT2D eigenvalue weighted by atomic mass is 10.0. The van der Waals surface area contributed by atoms with Crippen LogP contribution in [0.5, 0.6) is 0 Å². The molecule has 0 radical (unpaired) electrons. The summed E-state index contributed by atoms with van der Waals surface area (Å²) in [6.07, 6.45) is -3.81. The highest BCUT2D eigenvalue weighted by atomic mass is 32.2. The fourth-order valence-electron chi connectivity index (χ4n) is 4.00. The molecule has 1 amide bonds. The topological polar surface area (TPSA) is 191 Å². The average Bonchev–Trinajstić information content (AvgIpc) is 2.83. The van der Waals surface area contributed by atoms with Crippen molar-refractivity contribution in [1.29, 1.82) is 0 Å². The molecule has 230 valence electrons. The second kappa shape index (κ2) is 13.7. The first-order chi connectivity index (χ1) is 18.8. The molecule has 1 aromatic carbocycles. The molecule has 1 aliphatic heterocycles. The normalized spacial score (nSPS) is 16.4. The number of alkyl halides is 3. The number of piperidine rings is 1. The Hall–Kier alpha value is -3.06. The number of amides is 1. The van der Waals surface area contributed by atoms with Crippen molar-refractivity contribution in [1.82, 2.24) is 14.9 Å². The molecule has 2 rings (SSSR count).